The Morgan fingerprint density at radius 2 is 1.94 bits per heavy atom. The molecule has 2 fully saturated rings. The Labute approximate surface area is 102 Å². The van der Waals surface area contributed by atoms with E-state index >= 15 is 0 Å². The molecule has 0 bridgehead atoms. The van der Waals surface area contributed by atoms with Crippen molar-refractivity contribution in [2.45, 2.75) is 38.1 Å². The van der Waals surface area contributed by atoms with Crippen molar-refractivity contribution in [2.24, 2.45) is 0 Å². The molecule has 4 nitrogen and oxygen atoms in total. The lowest BCUT2D eigenvalue weighted by Gasteiger charge is -2.27. The molecule has 0 amide bonds. The van der Waals surface area contributed by atoms with Gasteiger partial charge in [0, 0.05) is 13.1 Å². The molecule has 3 rings (SSSR count). The second kappa shape index (κ2) is 5.00. The molecule has 2 aliphatic heterocycles. The van der Waals surface area contributed by atoms with E-state index in [1.165, 1.54) is 32.1 Å². The van der Waals surface area contributed by atoms with Crippen LogP contribution in [0.5, 0.6) is 0 Å². The fraction of sp³-hybridized carbons (Fsp3) is 0.692. The van der Waals surface area contributed by atoms with Crippen LogP contribution in [0.4, 0.5) is 5.82 Å². The zero-order chi connectivity index (χ0) is 11.5. The van der Waals surface area contributed by atoms with E-state index in [9.17, 15) is 0 Å². The Morgan fingerprint density at radius 3 is 2.59 bits per heavy atom. The van der Waals surface area contributed by atoms with Gasteiger partial charge >= 0.3 is 0 Å². The molecule has 1 atom stereocenters. The van der Waals surface area contributed by atoms with Crippen molar-refractivity contribution in [3.8, 4) is 0 Å². The molecule has 1 aromatic heterocycles. The molecular weight excluding hydrogens is 212 g/mol. The number of nitrogens with zero attached hydrogens (tertiary/aromatic N) is 3. The minimum atomic E-state index is 0.429. The van der Waals surface area contributed by atoms with E-state index in [-0.39, 0.29) is 0 Å². The Hall–Kier alpha value is -1.16. The standard InChI is InChI=1S/C13H20N4/c1-2-7-17(8-3-1)13-10-15-12(9-16-13)11-5-4-6-14-11/h9-11,14H,1-8H2. The Balaban J connectivity index is 1.70. The van der Waals surface area contributed by atoms with Crippen molar-refractivity contribution in [3.05, 3.63) is 18.1 Å². The van der Waals surface area contributed by atoms with Gasteiger partial charge in [-0.05, 0) is 38.6 Å². The van der Waals surface area contributed by atoms with Crippen molar-refractivity contribution >= 4 is 5.82 Å². The lowest BCUT2D eigenvalue weighted by Crippen LogP contribution is -2.30. The first-order chi connectivity index (χ1) is 8.43. The predicted molar refractivity (Wildman–Crippen MR) is 68.1 cm³/mol. The predicted octanol–water partition coefficient (Wildman–Crippen LogP) is 1.89. The normalized spacial score (nSPS) is 25.2. The smallest absolute Gasteiger partial charge is 0.147 e. The lowest BCUT2D eigenvalue weighted by atomic mass is 10.1. The summed E-state index contributed by atoms with van der Waals surface area (Å²) in [5.41, 5.74) is 1.10. The molecule has 2 aliphatic rings. The minimum Gasteiger partial charge on any atom is -0.355 e. The second-order valence-corrected chi connectivity index (χ2v) is 5.00. The van der Waals surface area contributed by atoms with Gasteiger partial charge in [0.2, 0.25) is 0 Å². The second-order valence-electron chi connectivity index (χ2n) is 5.00. The van der Waals surface area contributed by atoms with E-state index < -0.39 is 0 Å². The van der Waals surface area contributed by atoms with Gasteiger partial charge in [0.1, 0.15) is 5.82 Å². The van der Waals surface area contributed by atoms with Crippen LogP contribution in [0, 0.1) is 0 Å². The maximum Gasteiger partial charge on any atom is 0.147 e. The zero-order valence-corrected chi connectivity index (χ0v) is 10.2. The summed E-state index contributed by atoms with van der Waals surface area (Å²) >= 11 is 0. The number of nitrogens with one attached hydrogen (secondary N) is 1. The average Bonchev–Trinajstić information content (AvgIpc) is 2.94. The molecule has 1 aromatic rings. The van der Waals surface area contributed by atoms with Gasteiger partial charge in [-0.3, -0.25) is 4.98 Å². The van der Waals surface area contributed by atoms with E-state index in [1.54, 1.807) is 0 Å². The molecule has 17 heavy (non-hydrogen) atoms. The number of aromatic nitrogens is 2. The highest BCUT2D eigenvalue weighted by atomic mass is 15.2. The van der Waals surface area contributed by atoms with Crippen molar-refractivity contribution in [2.75, 3.05) is 24.5 Å². The lowest BCUT2D eigenvalue weighted by molar-refractivity contribution is 0.570. The summed E-state index contributed by atoms with van der Waals surface area (Å²) < 4.78 is 0. The highest BCUT2D eigenvalue weighted by Gasteiger charge is 2.18. The van der Waals surface area contributed by atoms with Gasteiger partial charge < -0.3 is 10.2 Å². The zero-order valence-electron chi connectivity index (χ0n) is 10.2. The molecule has 0 spiro atoms. The quantitative estimate of drug-likeness (QED) is 0.845. The number of hydrogen-bond acceptors (Lipinski definition) is 4. The van der Waals surface area contributed by atoms with Crippen LogP contribution in [0.3, 0.4) is 0 Å². The Morgan fingerprint density at radius 1 is 1.06 bits per heavy atom. The van der Waals surface area contributed by atoms with Crippen LogP contribution in [0.15, 0.2) is 12.4 Å². The molecule has 3 heterocycles. The Kier molecular flexibility index (Phi) is 3.22. The van der Waals surface area contributed by atoms with Gasteiger partial charge in [-0.2, -0.15) is 0 Å². The average molecular weight is 232 g/mol. The molecule has 0 aromatic carbocycles. The van der Waals surface area contributed by atoms with E-state index in [4.69, 9.17) is 0 Å². The molecular formula is C13H20N4. The maximum absolute atomic E-state index is 4.57. The largest absolute Gasteiger partial charge is 0.355 e. The summed E-state index contributed by atoms with van der Waals surface area (Å²) in [7, 11) is 0. The minimum absolute atomic E-state index is 0.429. The summed E-state index contributed by atoms with van der Waals surface area (Å²) in [5.74, 6) is 1.05. The van der Waals surface area contributed by atoms with Crippen LogP contribution in [0.2, 0.25) is 0 Å². The fourth-order valence-corrected chi connectivity index (χ4v) is 2.73. The van der Waals surface area contributed by atoms with Crippen molar-refractivity contribution in [3.63, 3.8) is 0 Å². The Bertz CT molecular complexity index is 350. The summed E-state index contributed by atoms with van der Waals surface area (Å²) in [4.78, 5) is 11.5. The molecule has 0 saturated carbocycles. The van der Waals surface area contributed by atoms with Crippen LogP contribution in [-0.2, 0) is 0 Å². The molecule has 1 unspecified atom stereocenters. The summed E-state index contributed by atoms with van der Waals surface area (Å²) in [6.07, 6.45) is 10.3. The van der Waals surface area contributed by atoms with E-state index in [1.807, 2.05) is 12.4 Å². The highest BCUT2D eigenvalue weighted by molar-refractivity contribution is 5.36. The van der Waals surface area contributed by atoms with Gasteiger partial charge in [-0.15, -0.1) is 0 Å². The highest BCUT2D eigenvalue weighted by Crippen LogP contribution is 2.22. The first kappa shape index (κ1) is 11.0. The van der Waals surface area contributed by atoms with Gasteiger partial charge in [-0.25, -0.2) is 4.98 Å². The summed E-state index contributed by atoms with van der Waals surface area (Å²) in [6, 6.07) is 0.429. The van der Waals surface area contributed by atoms with Crippen molar-refractivity contribution in [1.29, 1.82) is 0 Å². The molecule has 0 radical (unpaired) electrons. The maximum atomic E-state index is 4.57. The van der Waals surface area contributed by atoms with Crippen LogP contribution in [-0.4, -0.2) is 29.6 Å². The topological polar surface area (TPSA) is 41.1 Å². The van der Waals surface area contributed by atoms with E-state index in [0.717, 1.165) is 31.1 Å². The van der Waals surface area contributed by atoms with Gasteiger partial charge in [0.05, 0.1) is 24.1 Å². The summed E-state index contributed by atoms with van der Waals surface area (Å²) in [6.45, 7) is 3.38. The first-order valence-electron chi connectivity index (χ1n) is 6.74. The van der Waals surface area contributed by atoms with Crippen LogP contribution < -0.4 is 10.2 Å². The monoisotopic (exact) mass is 232 g/mol. The molecule has 4 heteroatoms. The van der Waals surface area contributed by atoms with Gasteiger partial charge in [0.25, 0.3) is 0 Å². The molecule has 2 saturated heterocycles. The molecule has 1 N–H and O–H groups in total. The number of piperidine rings is 1. The van der Waals surface area contributed by atoms with Gasteiger partial charge in [-0.1, -0.05) is 0 Å². The fourth-order valence-electron chi connectivity index (χ4n) is 2.73. The third-order valence-corrected chi connectivity index (χ3v) is 3.76. The van der Waals surface area contributed by atoms with Crippen molar-refractivity contribution in [1.82, 2.24) is 15.3 Å². The van der Waals surface area contributed by atoms with E-state index in [0.29, 0.717) is 6.04 Å². The third-order valence-electron chi connectivity index (χ3n) is 3.76. The van der Waals surface area contributed by atoms with Crippen LogP contribution >= 0.6 is 0 Å². The number of rotatable bonds is 2. The molecule has 92 valence electrons. The third kappa shape index (κ3) is 2.41. The van der Waals surface area contributed by atoms with Gasteiger partial charge in [0.15, 0.2) is 0 Å². The number of anilines is 1. The summed E-state index contributed by atoms with van der Waals surface area (Å²) in [5, 5.41) is 3.46. The van der Waals surface area contributed by atoms with Crippen LogP contribution in [0.1, 0.15) is 43.8 Å². The van der Waals surface area contributed by atoms with E-state index in [2.05, 4.69) is 20.2 Å². The number of hydrogen-bond donors (Lipinski definition) is 1. The SMILES string of the molecule is c1nc(N2CCCCC2)cnc1C1CCCN1. The molecule has 0 aliphatic carbocycles. The van der Waals surface area contributed by atoms with Crippen molar-refractivity contribution < 1.29 is 0 Å². The van der Waals surface area contributed by atoms with Crippen LogP contribution in [0.25, 0.3) is 0 Å². The first-order valence-corrected chi connectivity index (χ1v) is 6.74.